The van der Waals surface area contributed by atoms with Gasteiger partial charge in [0.25, 0.3) is 0 Å². The minimum absolute atomic E-state index is 0.225. The Morgan fingerprint density at radius 1 is 1.38 bits per heavy atom. The Labute approximate surface area is 93.7 Å². The maximum Gasteiger partial charge on any atom is 0.338 e. The molecule has 0 amide bonds. The molecule has 0 radical (unpaired) electrons. The van der Waals surface area contributed by atoms with E-state index < -0.39 is 5.97 Å². The molecule has 4 nitrogen and oxygen atoms in total. The van der Waals surface area contributed by atoms with E-state index in [-0.39, 0.29) is 6.61 Å². The molecule has 0 aliphatic heterocycles. The Hall–Kier alpha value is -2.33. The van der Waals surface area contributed by atoms with Gasteiger partial charge in [-0.2, -0.15) is 10.5 Å². The van der Waals surface area contributed by atoms with Crippen molar-refractivity contribution >= 4 is 5.97 Å². The van der Waals surface area contributed by atoms with Gasteiger partial charge >= 0.3 is 5.97 Å². The second-order valence-electron chi connectivity index (χ2n) is 3.09. The van der Waals surface area contributed by atoms with Gasteiger partial charge in [0.05, 0.1) is 29.9 Å². The molecule has 0 heterocycles. The number of carbonyl (C=O) groups is 1. The van der Waals surface area contributed by atoms with Crippen LogP contribution < -0.4 is 0 Å². The molecule has 0 aromatic heterocycles. The van der Waals surface area contributed by atoms with Crippen LogP contribution >= 0.6 is 0 Å². The SMILES string of the molecule is N#CCCCOC(=O)c1cccc(C#N)c1. The second kappa shape index (κ2) is 6.21. The molecule has 0 atom stereocenters. The molecule has 0 saturated carbocycles. The number of carbonyl (C=O) groups excluding carboxylic acids is 1. The monoisotopic (exact) mass is 214 g/mol. The third-order valence-electron chi connectivity index (χ3n) is 1.89. The molecule has 80 valence electrons. The van der Waals surface area contributed by atoms with Gasteiger partial charge in [-0.15, -0.1) is 0 Å². The molecule has 1 aromatic rings. The van der Waals surface area contributed by atoms with Crippen molar-refractivity contribution in [3.63, 3.8) is 0 Å². The Morgan fingerprint density at radius 2 is 2.19 bits per heavy atom. The first kappa shape index (κ1) is 11.7. The fourth-order valence-corrected chi connectivity index (χ4v) is 1.12. The van der Waals surface area contributed by atoms with Crippen molar-refractivity contribution in [2.45, 2.75) is 12.8 Å². The molecule has 0 N–H and O–H groups in total. The fraction of sp³-hybridized carbons (Fsp3) is 0.250. The summed E-state index contributed by atoms with van der Waals surface area (Å²) in [5.74, 6) is -0.463. The van der Waals surface area contributed by atoms with Gasteiger partial charge in [0, 0.05) is 6.42 Å². The molecule has 0 saturated heterocycles. The predicted octanol–water partition coefficient (Wildman–Crippen LogP) is 2.02. The largest absolute Gasteiger partial charge is 0.462 e. The van der Waals surface area contributed by atoms with Crippen LogP contribution in [-0.2, 0) is 4.74 Å². The van der Waals surface area contributed by atoms with E-state index in [4.69, 9.17) is 15.3 Å². The minimum atomic E-state index is -0.463. The highest BCUT2D eigenvalue weighted by Crippen LogP contribution is 2.06. The molecular formula is C12H10N2O2. The van der Waals surface area contributed by atoms with Crippen LogP contribution in [0.5, 0.6) is 0 Å². The van der Waals surface area contributed by atoms with Gasteiger partial charge in [-0.25, -0.2) is 4.79 Å². The summed E-state index contributed by atoms with van der Waals surface area (Å²) in [6.45, 7) is 0.225. The molecule has 1 rings (SSSR count). The van der Waals surface area contributed by atoms with E-state index in [0.717, 1.165) is 0 Å². The van der Waals surface area contributed by atoms with Crippen molar-refractivity contribution < 1.29 is 9.53 Å². The zero-order chi connectivity index (χ0) is 11.8. The van der Waals surface area contributed by atoms with Crippen LogP contribution in [0.4, 0.5) is 0 Å². The lowest BCUT2D eigenvalue weighted by molar-refractivity contribution is 0.0501. The van der Waals surface area contributed by atoms with E-state index in [1.807, 2.05) is 12.1 Å². The minimum Gasteiger partial charge on any atom is -0.462 e. The van der Waals surface area contributed by atoms with E-state index in [9.17, 15) is 4.79 Å². The standard InChI is InChI=1S/C12H10N2O2/c13-6-1-2-7-16-12(15)11-5-3-4-10(8-11)9-14/h3-5,8H,1-2,7H2. The van der Waals surface area contributed by atoms with E-state index >= 15 is 0 Å². The molecule has 16 heavy (non-hydrogen) atoms. The lowest BCUT2D eigenvalue weighted by Gasteiger charge is -2.03. The molecule has 0 unspecified atom stereocenters. The lowest BCUT2D eigenvalue weighted by Crippen LogP contribution is -2.06. The first-order valence-corrected chi connectivity index (χ1v) is 4.82. The molecule has 0 fully saturated rings. The van der Waals surface area contributed by atoms with Gasteiger partial charge in [0.2, 0.25) is 0 Å². The Morgan fingerprint density at radius 3 is 2.88 bits per heavy atom. The summed E-state index contributed by atoms with van der Waals surface area (Å²) in [5, 5.41) is 16.9. The van der Waals surface area contributed by atoms with Crippen LogP contribution in [0.2, 0.25) is 0 Å². The summed E-state index contributed by atoms with van der Waals surface area (Å²) in [6.07, 6.45) is 0.895. The van der Waals surface area contributed by atoms with Crippen molar-refractivity contribution in [3.8, 4) is 12.1 Å². The highest BCUT2D eigenvalue weighted by Gasteiger charge is 2.06. The summed E-state index contributed by atoms with van der Waals surface area (Å²) in [7, 11) is 0. The number of ether oxygens (including phenoxy) is 1. The quantitative estimate of drug-likeness (QED) is 0.567. The number of esters is 1. The van der Waals surface area contributed by atoms with Gasteiger partial charge < -0.3 is 4.74 Å². The lowest BCUT2D eigenvalue weighted by atomic mass is 10.1. The number of nitrogens with zero attached hydrogens (tertiary/aromatic N) is 2. The maximum atomic E-state index is 11.5. The molecule has 0 bridgehead atoms. The number of rotatable bonds is 4. The summed E-state index contributed by atoms with van der Waals surface area (Å²) >= 11 is 0. The number of benzene rings is 1. The molecule has 0 aliphatic carbocycles. The van der Waals surface area contributed by atoms with Crippen LogP contribution in [0.25, 0.3) is 0 Å². The first-order chi connectivity index (χ1) is 7.77. The average molecular weight is 214 g/mol. The van der Waals surface area contributed by atoms with Crippen molar-refractivity contribution in [1.82, 2.24) is 0 Å². The third-order valence-corrected chi connectivity index (χ3v) is 1.89. The van der Waals surface area contributed by atoms with E-state index in [2.05, 4.69) is 0 Å². The summed E-state index contributed by atoms with van der Waals surface area (Å²) in [5.41, 5.74) is 0.780. The Bertz CT molecular complexity index is 455. The molecule has 0 aliphatic rings. The molecular weight excluding hydrogens is 204 g/mol. The van der Waals surface area contributed by atoms with Gasteiger partial charge in [0.15, 0.2) is 0 Å². The van der Waals surface area contributed by atoms with Crippen molar-refractivity contribution in [1.29, 1.82) is 10.5 Å². The van der Waals surface area contributed by atoms with Crippen LogP contribution in [0.3, 0.4) is 0 Å². The van der Waals surface area contributed by atoms with Gasteiger partial charge in [-0.3, -0.25) is 0 Å². The van der Waals surface area contributed by atoms with Crippen LogP contribution in [0.1, 0.15) is 28.8 Å². The van der Waals surface area contributed by atoms with Crippen LogP contribution in [-0.4, -0.2) is 12.6 Å². The van der Waals surface area contributed by atoms with Gasteiger partial charge in [-0.05, 0) is 24.6 Å². The number of hydrogen-bond acceptors (Lipinski definition) is 4. The summed E-state index contributed by atoms with van der Waals surface area (Å²) < 4.78 is 4.93. The molecule has 4 heteroatoms. The number of hydrogen-bond donors (Lipinski definition) is 0. The van der Waals surface area contributed by atoms with Crippen molar-refractivity contribution in [2.24, 2.45) is 0 Å². The Kier molecular flexibility index (Phi) is 4.56. The topological polar surface area (TPSA) is 73.9 Å². The molecule has 0 spiro atoms. The normalized spacial score (nSPS) is 8.88. The predicted molar refractivity (Wildman–Crippen MR) is 56.3 cm³/mol. The van der Waals surface area contributed by atoms with E-state index in [0.29, 0.717) is 24.0 Å². The summed E-state index contributed by atoms with van der Waals surface area (Å²) in [6, 6.07) is 10.2. The van der Waals surface area contributed by atoms with Crippen LogP contribution in [0.15, 0.2) is 24.3 Å². The average Bonchev–Trinajstić information content (AvgIpc) is 2.34. The van der Waals surface area contributed by atoms with Gasteiger partial charge in [-0.1, -0.05) is 6.07 Å². The zero-order valence-electron chi connectivity index (χ0n) is 8.64. The second-order valence-corrected chi connectivity index (χ2v) is 3.09. The first-order valence-electron chi connectivity index (χ1n) is 4.82. The van der Waals surface area contributed by atoms with Crippen molar-refractivity contribution in [3.05, 3.63) is 35.4 Å². The highest BCUT2D eigenvalue weighted by atomic mass is 16.5. The Balaban J connectivity index is 2.54. The molecule has 1 aromatic carbocycles. The summed E-state index contributed by atoms with van der Waals surface area (Å²) in [4.78, 5) is 11.5. The van der Waals surface area contributed by atoms with Crippen molar-refractivity contribution in [2.75, 3.05) is 6.61 Å². The maximum absolute atomic E-state index is 11.5. The third kappa shape index (κ3) is 3.43. The number of nitriles is 2. The smallest absolute Gasteiger partial charge is 0.338 e. The van der Waals surface area contributed by atoms with E-state index in [1.54, 1.807) is 18.2 Å². The van der Waals surface area contributed by atoms with Crippen LogP contribution in [0, 0.1) is 22.7 Å². The van der Waals surface area contributed by atoms with E-state index in [1.165, 1.54) is 6.07 Å². The zero-order valence-corrected chi connectivity index (χ0v) is 8.64. The highest BCUT2D eigenvalue weighted by molar-refractivity contribution is 5.89. The fourth-order valence-electron chi connectivity index (χ4n) is 1.12. The van der Waals surface area contributed by atoms with Gasteiger partial charge in [0.1, 0.15) is 0 Å². The number of unbranched alkanes of at least 4 members (excludes halogenated alkanes) is 1.